The normalized spacial score (nSPS) is 15.8. The number of aromatic nitrogens is 3. The fourth-order valence-electron chi connectivity index (χ4n) is 4.37. The first-order chi connectivity index (χ1) is 16.1. The molecule has 1 aromatic carbocycles. The molecule has 9 heteroatoms. The first-order valence-electron chi connectivity index (χ1n) is 11.3. The number of anilines is 1. The molecule has 3 aromatic rings. The lowest BCUT2D eigenvalue weighted by Gasteiger charge is -2.22. The lowest BCUT2D eigenvalue weighted by Crippen LogP contribution is -2.26. The molecule has 6 nitrogen and oxygen atoms in total. The molecule has 0 radical (unpaired) electrons. The third kappa shape index (κ3) is 4.64. The minimum absolute atomic E-state index is 0.0429. The molecule has 1 amide bonds. The third-order valence-corrected chi connectivity index (χ3v) is 5.92. The van der Waals surface area contributed by atoms with Crippen molar-refractivity contribution in [1.29, 1.82) is 0 Å². The summed E-state index contributed by atoms with van der Waals surface area (Å²) in [4.78, 5) is 18.8. The van der Waals surface area contributed by atoms with Crippen molar-refractivity contribution >= 4 is 11.6 Å². The number of nitrogens with zero attached hydrogens (tertiary/aromatic N) is 4. The molecule has 0 saturated carbocycles. The van der Waals surface area contributed by atoms with E-state index in [0.29, 0.717) is 41.2 Å². The maximum absolute atomic E-state index is 13.7. The molecular formula is C25H27F3N4O2. The highest BCUT2D eigenvalue weighted by Crippen LogP contribution is 2.40. The van der Waals surface area contributed by atoms with Crippen molar-refractivity contribution in [3.8, 4) is 11.4 Å². The molecule has 180 valence electrons. The minimum Gasteiger partial charge on any atom is -0.489 e. The molecular weight excluding hydrogens is 445 g/mol. The van der Waals surface area contributed by atoms with Crippen molar-refractivity contribution in [3.05, 3.63) is 65.2 Å². The summed E-state index contributed by atoms with van der Waals surface area (Å²) in [6.07, 6.45) is 0.379. The molecule has 1 aliphatic carbocycles. The number of halogens is 3. The van der Waals surface area contributed by atoms with Crippen molar-refractivity contribution in [2.75, 3.05) is 11.9 Å². The Morgan fingerprint density at radius 3 is 2.71 bits per heavy atom. The Morgan fingerprint density at radius 2 is 2.00 bits per heavy atom. The number of hydrogen-bond donors (Lipinski definition) is 0. The molecule has 0 fully saturated rings. The van der Waals surface area contributed by atoms with Crippen molar-refractivity contribution in [2.24, 2.45) is 0 Å². The van der Waals surface area contributed by atoms with Gasteiger partial charge in [0.25, 0.3) is 5.91 Å². The van der Waals surface area contributed by atoms with Crippen molar-refractivity contribution in [1.82, 2.24) is 14.8 Å². The largest absolute Gasteiger partial charge is 0.489 e. The van der Waals surface area contributed by atoms with E-state index in [4.69, 9.17) is 4.74 Å². The third-order valence-electron chi connectivity index (χ3n) is 5.92. The van der Waals surface area contributed by atoms with E-state index in [-0.39, 0.29) is 23.5 Å². The molecule has 0 aliphatic heterocycles. The van der Waals surface area contributed by atoms with E-state index in [1.165, 1.54) is 9.58 Å². The summed E-state index contributed by atoms with van der Waals surface area (Å²) in [7, 11) is 1.62. The summed E-state index contributed by atoms with van der Waals surface area (Å²) in [5.74, 6) is 0.150. The van der Waals surface area contributed by atoms with Crippen LogP contribution in [0.25, 0.3) is 5.69 Å². The van der Waals surface area contributed by atoms with Crippen LogP contribution >= 0.6 is 0 Å². The number of pyridine rings is 1. The molecule has 1 unspecified atom stereocenters. The van der Waals surface area contributed by atoms with Crippen molar-refractivity contribution in [3.63, 3.8) is 0 Å². The number of benzene rings is 1. The molecule has 34 heavy (non-hydrogen) atoms. The summed E-state index contributed by atoms with van der Waals surface area (Å²) in [5.41, 5.74) is 1.28. The summed E-state index contributed by atoms with van der Waals surface area (Å²) in [6.45, 7) is 5.70. The zero-order valence-electron chi connectivity index (χ0n) is 19.6. The second-order valence-corrected chi connectivity index (χ2v) is 8.88. The van der Waals surface area contributed by atoms with Gasteiger partial charge in [-0.25, -0.2) is 4.68 Å². The van der Waals surface area contributed by atoms with Crippen LogP contribution in [-0.2, 0) is 12.6 Å². The first-order valence-corrected chi connectivity index (χ1v) is 11.3. The molecule has 4 rings (SSSR count). The maximum atomic E-state index is 13.7. The van der Waals surface area contributed by atoms with Gasteiger partial charge in [-0.2, -0.15) is 18.3 Å². The van der Waals surface area contributed by atoms with Gasteiger partial charge in [0.1, 0.15) is 5.75 Å². The van der Waals surface area contributed by atoms with Gasteiger partial charge in [0.15, 0.2) is 5.69 Å². The van der Waals surface area contributed by atoms with Crippen LogP contribution in [0.3, 0.4) is 0 Å². The summed E-state index contributed by atoms with van der Waals surface area (Å²) >= 11 is 0. The zero-order chi connectivity index (χ0) is 24.6. The summed E-state index contributed by atoms with van der Waals surface area (Å²) in [6, 6.07) is 8.26. The predicted octanol–water partition coefficient (Wildman–Crippen LogP) is 5.79. The van der Waals surface area contributed by atoms with Gasteiger partial charge >= 0.3 is 6.18 Å². The Labute approximate surface area is 196 Å². The number of ether oxygens (including phenoxy) is 1. The number of carbonyl (C=O) groups excluding carboxylic acids is 1. The van der Waals surface area contributed by atoms with E-state index in [9.17, 15) is 18.0 Å². The predicted molar refractivity (Wildman–Crippen MR) is 123 cm³/mol. The fraction of sp³-hybridized carbons (Fsp3) is 0.400. The van der Waals surface area contributed by atoms with Crippen LogP contribution in [0.1, 0.15) is 66.8 Å². The quantitative estimate of drug-likeness (QED) is 0.472. The molecule has 2 aromatic heterocycles. The van der Waals surface area contributed by atoms with Crippen LogP contribution in [0, 0.1) is 0 Å². The molecule has 2 heterocycles. The topological polar surface area (TPSA) is 60.2 Å². The first kappa shape index (κ1) is 23.8. The average Bonchev–Trinajstić information content (AvgIpc) is 3.20. The fourth-order valence-corrected chi connectivity index (χ4v) is 4.37. The highest BCUT2D eigenvalue weighted by molar-refractivity contribution is 6.06. The average molecular weight is 473 g/mol. The van der Waals surface area contributed by atoms with Gasteiger partial charge in [-0.15, -0.1) is 0 Å². The second-order valence-electron chi connectivity index (χ2n) is 8.88. The van der Waals surface area contributed by atoms with Crippen LogP contribution in [0.5, 0.6) is 5.75 Å². The van der Waals surface area contributed by atoms with Gasteiger partial charge in [0.2, 0.25) is 0 Å². The molecule has 0 bridgehead atoms. The van der Waals surface area contributed by atoms with Gasteiger partial charge in [0.05, 0.1) is 35.6 Å². The highest BCUT2D eigenvalue weighted by atomic mass is 19.4. The number of rotatable bonds is 5. The number of alkyl halides is 3. The van der Waals surface area contributed by atoms with E-state index < -0.39 is 11.9 Å². The van der Waals surface area contributed by atoms with Crippen LogP contribution in [0.4, 0.5) is 18.9 Å². The Morgan fingerprint density at radius 1 is 1.24 bits per heavy atom. The smallest absolute Gasteiger partial charge is 0.435 e. The van der Waals surface area contributed by atoms with E-state index in [1.54, 1.807) is 49.8 Å². The lowest BCUT2D eigenvalue weighted by atomic mass is 9.87. The molecule has 0 spiro atoms. The molecule has 0 N–H and O–H groups in total. The second kappa shape index (κ2) is 9.12. The van der Waals surface area contributed by atoms with E-state index in [0.717, 1.165) is 6.42 Å². The Bertz CT molecular complexity index is 1200. The maximum Gasteiger partial charge on any atom is 0.435 e. The number of fused-ring (bicyclic) bond motifs is 1. The minimum atomic E-state index is -4.53. The molecule has 1 atom stereocenters. The molecule has 0 saturated heterocycles. The van der Waals surface area contributed by atoms with Gasteiger partial charge in [-0.05, 0) is 57.2 Å². The summed E-state index contributed by atoms with van der Waals surface area (Å²) in [5, 5.41) is 3.97. The van der Waals surface area contributed by atoms with Gasteiger partial charge in [0, 0.05) is 24.2 Å². The monoisotopic (exact) mass is 472 g/mol. The van der Waals surface area contributed by atoms with Gasteiger partial charge in [-0.1, -0.05) is 13.0 Å². The summed E-state index contributed by atoms with van der Waals surface area (Å²) < 4.78 is 48.1. The van der Waals surface area contributed by atoms with E-state index in [1.807, 2.05) is 20.8 Å². The molecule has 1 aliphatic rings. The van der Waals surface area contributed by atoms with E-state index in [2.05, 4.69) is 10.1 Å². The van der Waals surface area contributed by atoms with Crippen LogP contribution in [0.2, 0.25) is 0 Å². The van der Waals surface area contributed by atoms with Gasteiger partial charge in [-0.3, -0.25) is 9.78 Å². The Kier molecular flexibility index (Phi) is 6.38. The Hall–Kier alpha value is -3.36. The van der Waals surface area contributed by atoms with Crippen LogP contribution < -0.4 is 9.64 Å². The lowest BCUT2D eigenvalue weighted by molar-refractivity contribution is -0.142. The SMILES string of the molecule is CC(C)Oc1cncc(N(C)C(=O)c2cccc(-n3nc(C(F)(F)F)c4c3C(C)CCC4)c2)c1. The van der Waals surface area contributed by atoms with Crippen molar-refractivity contribution in [2.45, 2.75) is 58.2 Å². The van der Waals surface area contributed by atoms with Crippen LogP contribution in [-0.4, -0.2) is 33.8 Å². The highest BCUT2D eigenvalue weighted by Gasteiger charge is 2.41. The Balaban J connectivity index is 1.69. The van der Waals surface area contributed by atoms with Gasteiger partial charge < -0.3 is 9.64 Å². The van der Waals surface area contributed by atoms with Crippen molar-refractivity contribution < 1.29 is 22.7 Å². The number of carbonyl (C=O) groups is 1. The number of hydrogen-bond acceptors (Lipinski definition) is 4. The zero-order valence-corrected chi connectivity index (χ0v) is 19.6. The van der Waals surface area contributed by atoms with Crippen LogP contribution in [0.15, 0.2) is 42.7 Å². The number of amides is 1. The van der Waals surface area contributed by atoms with E-state index >= 15 is 0 Å². The standard InChI is InChI=1S/C25H27F3N4O2/c1-15(2)34-20-12-19(13-29-14-20)31(4)24(33)17-8-6-9-18(11-17)32-22-16(3)7-5-10-21(22)23(30-32)25(26,27)28/h6,8-9,11-16H,5,7,10H2,1-4H3.